The number of methoxy groups -OCH3 is 1. The summed E-state index contributed by atoms with van der Waals surface area (Å²) < 4.78 is 12.2. The summed E-state index contributed by atoms with van der Waals surface area (Å²) in [6.45, 7) is 0.533. The molecule has 2 aliphatic rings. The van der Waals surface area contributed by atoms with Crippen LogP contribution in [0, 0.1) is 0 Å². The summed E-state index contributed by atoms with van der Waals surface area (Å²) in [6, 6.07) is 10.4. The highest BCUT2D eigenvalue weighted by molar-refractivity contribution is 6.30. The van der Waals surface area contributed by atoms with Crippen LogP contribution in [0.3, 0.4) is 0 Å². The molecule has 214 valence electrons. The highest BCUT2D eigenvalue weighted by atomic mass is 35.5. The molecule has 3 heterocycles. The average molecular weight is 581 g/mol. The van der Waals surface area contributed by atoms with Crippen LogP contribution in [-0.2, 0) is 33.3 Å². The lowest BCUT2D eigenvalue weighted by Gasteiger charge is -2.45. The molecule has 1 aromatic heterocycles. The normalized spacial score (nSPS) is 18.5. The van der Waals surface area contributed by atoms with Gasteiger partial charge >= 0.3 is 12.2 Å². The van der Waals surface area contributed by atoms with Crippen LogP contribution in [-0.4, -0.2) is 64.7 Å². The lowest BCUT2D eigenvalue weighted by atomic mass is 9.83. The van der Waals surface area contributed by atoms with Gasteiger partial charge in [-0.3, -0.25) is 20.2 Å². The minimum Gasteiger partial charge on any atom is -0.453 e. The summed E-state index contributed by atoms with van der Waals surface area (Å²) in [5.74, 6) is -0.784. The summed E-state index contributed by atoms with van der Waals surface area (Å²) in [7, 11) is 3.06. The second-order valence-electron chi connectivity index (χ2n) is 9.98. The van der Waals surface area contributed by atoms with Crippen molar-refractivity contribution < 1.29 is 28.7 Å². The van der Waals surface area contributed by atoms with Crippen molar-refractivity contribution in [2.75, 3.05) is 30.8 Å². The summed E-state index contributed by atoms with van der Waals surface area (Å²) in [5, 5.41) is 8.59. The molecule has 1 spiro atoms. The van der Waals surface area contributed by atoms with Crippen LogP contribution >= 0.6 is 11.6 Å². The second kappa shape index (κ2) is 11.5. The molecular weight excluding hydrogens is 552 g/mol. The molecular formula is C28H29ClN6O6. The molecule has 41 heavy (non-hydrogen) atoms. The van der Waals surface area contributed by atoms with E-state index in [1.165, 1.54) is 19.2 Å². The van der Waals surface area contributed by atoms with Gasteiger partial charge in [-0.15, -0.1) is 0 Å². The van der Waals surface area contributed by atoms with Gasteiger partial charge in [0, 0.05) is 53.7 Å². The monoisotopic (exact) mass is 580 g/mol. The number of nitrogens with zero attached hydrogens (tertiary/aromatic N) is 3. The van der Waals surface area contributed by atoms with E-state index in [9.17, 15) is 19.2 Å². The standard InChI is InChI=1S/C28H29ClN6O6/c1-34-16-30-14-20(34)13-23(32-24(36)17-4-7-19(8-5-17)31-26(38)40-2)25(37)35-11-3-10-28(15-35)21-12-18(29)6-9-22(21)33-27(39)41-28/h4-9,12,14,16,23H,3,10-11,13,15H2,1-2H3,(H,31,38)(H,32,36)(H,33,39)/t23-,28-/m0/s1. The van der Waals surface area contributed by atoms with E-state index in [1.807, 2.05) is 7.05 Å². The van der Waals surface area contributed by atoms with Gasteiger partial charge in [-0.05, 0) is 55.3 Å². The third kappa shape index (κ3) is 5.97. The van der Waals surface area contributed by atoms with Gasteiger partial charge in [-0.25, -0.2) is 14.6 Å². The number of hydrogen-bond donors (Lipinski definition) is 3. The van der Waals surface area contributed by atoms with Crippen LogP contribution in [0.15, 0.2) is 55.0 Å². The highest BCUT2D eigenvalue weighted by Gasteiger charge is 2.47. The molecule has 0 bridgehead atoms. The number of nitrogens with one attached hydrogen (secondary N) is 3. The Hall–Kier alpha value is -4.58. The van der Waals surface area contributed by atoms with E-state index >= 15 is 0 Å². The maximum atomic E-state index is 14.0. The molecule has 0 aliphatic carbocycles. The molecule has 2 atom stereocenters. The number of likely N-dealkylation sites (tertiary alicyclic amines) is 1. The van der Waals surface area contributed by atoms with Gasteiger partial charge < -0.3 is 24.3 Å². The van der Waals surface area contributed by atoms with E-state index in [-0.39, 0.29) is 18.9 Å². The van der Waals surface area contributed by atoms with Crippen LogP contribution in [0.25, 0.3) is 0 Å². The Labute approximate surface area is 241 Å². The number of fused-ring (bicyclic) bond motifs is 2. The minimum atomic E-state index is -1.07. The maximum absolute atomic E-state index is 14.0. The predicted molar refractivity (Wildman–Crippen MR) is 150 cm³/mol. The lowest BCUT2D eigenvalue weighted by molar-refractivity contribution is -0.141. The molecule has 2 aromatic carbocycles. The number of imidazole rings is 1. The summed E-state index contributed by atoms with van der Waals surface area (Å²) in [4.78, 5) is 57.0. The number of rotatable bonds is 6. The Kier molecular flexibility index (Phi) is 7.84. The summed E-state index contributed by atoms with van der Waals surface area (Å²) in [5.41, 5.74) is 1.72. The highest BCUT2D eigenvalue weighted by Crippen LogP contribution is 2.43. The number of aromatic nitrogens is 2. The number of benzene rings is 2. The maximum Gasteiger partial charge on any atom is 0.412 e. The Morgan fingerprint density at radius 2 is 2.00 bits per heavy atom. The first-order valence-corrected chi connectivity index (χ1v) is 13.3. The van der Waals surface area contributed by atoms with Crippen LogP contribution in [0.5, 0.6) is 0 Å². The predicted octanol–water partition coefficient (Wildman–Crippen LogP) is 3.67. The van der Waals surface area contributed by atoms with Gasteiger partial charge in [0.15, 0.2) is 5.60 Å². The number of carbonyl (C=O) groups excluding carboxylic acids is 4. The van der Waals surface area contributed by atoms with Crippen molar-refractivity contribution in [3.8, 4) is 0 Å². The van der Waals surface area contributed by atoms with Crippen molar-refractivity contribution >= 4 is 47.0 Å². The molecule has 2 aliphatic heterocycles. The number of aryl methyl sites for hydroxylation is 1. The van der Waals surface area contributed by atoms with Gasteiger partial charge in [0.05, 0.1) is 25.7 Å². The van der Waals surface area contributed by atoms with E-state index in [2.05, 4.69) is 25.7 Å². The van der Waals surface area contributed by atoms with Gasteiger partial charge in [-0.2, -0.15) is 0 Å². The zero-order valence-electron chi connectivity index (χ0n) is 22.5. The third-order valence-corrected chi connectivity index (χ3v) is 7.51. The van der Waals surface area contributed by atoms with Crippen LogP contribution in [0.2, 0.25) is 5.02 Å². The molecule has 13 heteroatoms. The fraction of sp³-hybridized carbons (Fsp3) is 0.321. The van der Waals surface area contributed by atoms with E-state index in [4.69, 9.17) is 16.3 Å². The van der Waals surface area contributed by atoms with E-state index in [1.54, 1.807) is 52.3 Å². The third-order valence-electron chi connectivity index (χ3n) is 7.28. The largest absolute Gasteiger partial charge is 0.453 e. The molecule has 12 nitrogen and oxygen atoms in total. The Morgan fingerprint density at radius 1 is 1.22 bits per heavy atom. The van der Waals surface area contributed by atoms with Crippen molar-refractivity contribution in [2.24, 2.45) is 7.05 Å². The summed E-state index contributed by atoms with van der Waals surface area (Å²) >= 11 is 6.29. The van der Waals surface area contributed by atoms with E-state index in [0.717, 1.165) is 5.69 Å². The summed E-state index contributed by atoms with van der Waals surface area (Å²) in [6.07, 6.45) is 3.32. The van der Waals surface area contributed by atoms with E-state index in [0.29, 0.717) is 46.9 Å². The fourth-order valence-corrected chi connectivity index (χ4v) is 5.38. The van der Waals surface area contributed by atoms with Gasteiger partial charge in [0.1, 0.15) is 6.04 Å². The zero-order chi connectivity index (χ0) is 29.1. The SMILES string of the molecule is COC(=O)Nc1ccc(C(=O)N[C@@H](Cc2cncn2C)C(=O)N2CCC[C@@]3(C2)OC(=O)Nc2ccc(Cl)cc23)cc1. The molecule has 3 aromatic rings. The number of ether oxygens (including phenoxy) is 2. The molecule has 3 N–H and O–H groups in total. The topological polar surface area (TPSA) is 144 Å². The van der Waals surface area contributed by atoms with Crippen LogP contribution in [0.4, 0.5) is 21.0 Å². The molecule has 0 radical (unpaired) electrons. The Bertz CT molecular complexity index is 1490. The molecule has 1 saturated heterocycles. The van der Waals surface area contributed by atoms with Gasteiger partial charge in [0.2, 0.25) is 5.91 Å². The number of carbonyl (C=O) groups is 4. The number of anilines is 2. The smallest absolute Gasteiger partial charge is 0.412 e. The second-order valence-corrected chi connectivity index (χ2v) is 10.4. The van der Waals surface area contributed by atoms with Crippen molar-refractivity contribution in [3.63, 3.8) is 0 Å². The zero-order valence-corrected chi connectivity index (χ0v) is 23.2. The van der Waals surface area contributed by atoms with Crippen molar-refractivity contribution in [1.29, 1.82) is 0 Å². The molecule has 0 unspecified atom stereocenters. The first-order chi connectivity index (χ1) is 19.7. The van der Waals surface area contributed by atoms with Gasteiger partial charge in [-0.1, -0.05) is 11.6 Å². The fourth-order valence-electron chi connectivity index (χ4n) is 5.21. The molecule has 1 fully saturated rings. The molecule has 5 rings (SSSR count). The van der Waals surface area contributed by atoms with E-state index < -0.39 is 29.7 Å². The van der Waals surface area contributed by atoms with Crippen molar-refractivity contribution in [3.05, 3.63) is 76.8 Å². The van der Waals surface area contributed by atoms with Crippen molar-refractivity contribution in [2.45, 2.75) is 30.9 Å². The minimum absolute atomic E-state index is 0.109. The average Bonchev–Trinajstić information content (AvgIpc) is 3.37. The first-order valence-electron chi connectivity index (χ1n) is 13.0. The van der Waals surface area contributed by atoms with Gasteiger partial charge in [0.25, 0.3) is 5.91 Å². The quantitative estimate of drug-likeness (QED) is 0.403. The number of piperidine rings is 1. The Balaban J connectivity index is 1.39. The molecule has 0 saturated carbocycles. The lowest BCUT2D eigenvalue weighted by Crippen LogP contribution is -2.57. The molecule has 4 amide bonds. The first kappa shape index (κ1) is 28.0. The number of halogens is 1. The Morgan fingerprint density at radius 3 is 2.71 bits per heavy atom. The number of amides is 4. The van der Waals surface area contributed by atoms with Crippen LogP contribution < -0.4 is 16.0 Å². The van der Waals surface area contributed by atoms with Crippen LogP contribution in [0.1, 0.15) is 34.5 Å². The van der Waals surface area contributed by atoms with Crippen molar-refractivity contribution in [1.82, 2.24) is 19.8 Å². The number of hydrogen-bond acceptors (Lipinski definition) is 7.